The number of pyridine rings is 1. The number of likely N-dealkylation sites (tertiary alicyclic amines) is 1. The van der Waals surface area contributed by atoms with Gasteiger partial charge in [-0.25, -0.2) is 0 Å². The van der Waals surface area contributed by atoms with Crippen LogP contribution in [0.15, 0.2) is 40.5 Å². The molecule has 2 nitrogen and oxygen atoms in total. The second kappa shape index (κ2) is 6.62. The van der Waals surface area contributed by atoms with Crippen molar-refractivity contribution in [2.45, 2.75) is 25.7 Å². The predicted octanol–water partition coefficient (Wildman–Crippen LogP) is 5.12. The molecular weight excluding hydrogens is 384 g/mol. The third-order valence-corrected chi connectivity index (χ3v) is 5.67. The van der Waals surface area contributed by atoms with Crippen LogP contribution in [0.3, 0.4) is 0 Å². The maximum absolute atomic E-state index is 6.28. The van der Waals surface area contributed by atoms with Crippen LogP contribution in [0.4, 0.5) is 0 Å². The lowest BCUT2D eigenvalue weighted by Gasteiger charge is -2.27. The van der Waals surface area contributed by atoms with E-state index >= 15 is 0 Å². The van der Waals surface area contributed by atoms with Crippen LogP contribution in [0.1, 0.15) is 35.2 Å². The first kappa shape index (κ1) is 16.3. The average Bonchev–Trinajstić information content (AvgIpc) is 2.71. The molecule has 0 bridgehead atoms. The highest BCUT2D eigenvalue weighted by Crippen LogP contribution is 2.38. The van der Waals surface area contributed by atoms with E-state index in [1.807, 2.05) is 12.3 Å². The maximum Gasteiger partial charge on any atom is 0.0741 e. The Balaban J connectivity index is 1.97. The van der Waals surface area contributed by atoms with Gasteiger partial charge < -0.3 is 4.90 Å². The van der Waals surface area contributed by atoms with Gasteiger partial charge in [-0.3, -0.25) is 4.98 Å². The summed E-state index contributed by atoms with van der Waals surface area (Å²) < 4.78 is 1.05. The highest BCUT2D eigenvalue weighted by Gasteiger charge is 2.24. The van der Waals surface area contributed by atoms with Crippen molar-refractivity contribution in [3.8, 4) is 0 Å². The molecule has 0 N–H and O–H groups in total. The molecule has 0 radical (unpaired) electrons. The molecule has 2 heterocycles. The van der Waals surface area contributed by atoms with Gasteiger partial charge in [0.15, 0.2) is 0 Å². The zero-order valence-corrected chi connectivity index (χ0v) is 16.1. The van der Waals surface area contributed by atoms with Gasteiger partial charge in [0.25, 0.3) is 0 Å². The van der Waals surface area contributed by atoms with Crippen molar-refractivity contribution in [3.63, 3.8) is 0 Å². The van der Waals surface area contributed by atoms with Crippen molar-refractivity contribution in [1.82, 2.24) is 9.88 Å². The van der Waals surface area contributed by atoms with Gasteiger partial charge in [-0.15, -0.1) is 0 Å². The van der Waals surface area contributed by atoms with E-state index in [0.717, 1.165) is 41.0 Å². The first-order valence-corrected chi connectivity index (χ1v) is 9.63. The first-order valence-electron chi connectivity index (χ1n) is 8.46. The molecule has 0 amide bonds. The summed E-state index contributed by atoms with van der Waals surface area (Å²) in [6, 6.07) is 8.55. The molecule has 1 aliphatic carbocycles. The molecule has 4 rings (SSSR count). The second-order valence-electron chi connectivity index (χ2n) is 6.78. The molecule has 0 spiro atoms. The fourth-order valence-corrected chi connectivity index (χ4v) is 4.49. The molecule has 24 heavy (non-hydrogen) atoms. The van der Waals surface area contributed by atoms with E-state index in [0.29, 0.717) is 0 Å². The highest BCUT2D eigenvalue weighted by molar-refractivity contribution is 9.10. The summed E-state index contributed by atoms with van der Waals surface area (Å²) in [5, 5.41) is 0.818. The summed E-state index contributed by atoms with van der Waals surface area (Å²) in [5.74, 6) is 0. The molecule has 1 aromatic carbocycles. The van der Waals surface area contributed by atoms with Crippen LogP contribution in [0.5, 0.6) is 0 Å². The summed E-state index contributed by atoms with van der Waals surface area (Å²) in [5.41, 5.74) is 7.99. The van der Waals surface area contributed by atoms with Crippen molar-refractivity contribution in [2.75, 3.05) is 20.1 Å². The van der Waals surface area contributed by atoms with Crippen molar-refractivity contribution in [1.29, 1.82) is 0 Å². The number of nitrogens with zero attached hydrogens (tertiary/aromatic N) is 2. The Hall–Kier alpha value is -1.16. The van der Waals surface area contributed by atoms with Gasteiger partial charge in [0.05, 0.1) is 5.69 Å². The number of benzene rings is 1. The smallest absolute Gasteiger partial charge is 0.0741 e. The molecule has 0 atom stereocenters. The molecule has 2 aromatic rings. The second-order valence-corrected chi connectivity index (χ2v) is 8.13. The summed E-state index contributed by atoms with van der Waals surface area (Å²) in [7, 11) is 2.20. The first-order chi connectivity index (χ1) is 11.6. The van der Waals surface area contributed by atoms with E-state index in [1.165, 1.54) is 40.8 Å². The number of likely N-dealkylation sites (N-methyl/N-ethyl adjacent to an activating group) is 1. The van der Waals surface area contributed by atoms with Crippen molar-refractivity contribution in [2.24, 2.45) is 0 Å². The van der Waals surface area contributed by atoms with Crippen LogP contribution < -0.4 is 0 Å². The van der Waals surface area contributed by atoms with Gasteiger partial charge in [0, 0.05) is 27.8 Å². The Bertz CT molecular complexity index is 773. The van der Waals surface area contributed by atoms with Gasteiger partial charge in [-0.1, -0.05) is 17.7 Å². The van der Waals surface area contributed by atoms with Crippen LogP contribution >= 0.6 is 27.5 Å². The van der Waals surface area contributed by atoms with Gasteiger partial charge in [-0.05, 0) is 95.7 Å². The number of piperidine rings is 1. The number of fused-ring (bicyclic) bond motifs is 2. The topological polar surface area (TPSA) is 16.1 Å². The van der Waals surface area contributed by atoms with Crippen LogP contribution in [0.25, 0.3) is 5.57 Å². The van der Waals surface area contributed by atoms with E-state index in [4.69, 9.17) is 16.6 Å². The Labute approximate surface area is 156 Å². The molecule has 1 aliphatic heterocycles. The lowest BCUT2D eigenvalue weighted by Crippen LogP contribution is -2.28. The molecule has 1 saturated heterocycles. The largest absolute Gasteiger partial charge is 0.302 e. The summed E-state index contributed by atoms with van der Waals surface area (Å²) in [6.45, 7) is 2.19. The number of rotatable bonds is 0. The van der Waals surface area contributed by atoms with E-state index in [2.05, 4.69) is 46.1 Å². The van der Waals surface area contributed by atoms with Crippen molar-refractivity contribution >= 4 is 33.1 Å². The number of hydrogen-bond acceptors (Lipinski definition) is 2. The molecule has 0 saturated carbocycles. The normalized spacial score (nSPS) is 21.1. The molecule has 2 aliphatic rings. The van der Waals surface area contributed by atoms with Gasteiger partial charge in [0.1, 0.15) is 0 Å². The summed E-state index contributed by atoms with van der Waals surface area (Å²) in [4.78, 5) is 7.23. The fourth-order valence-electron chi connectivity index (χ4n) is 3.92. The zero-order chi connectivity index (χ0) is 16.7. The Morgan fingerprint density at radius 2 is 1.96 bits per heavy atom. The van der Waals surface area contributed by atoms with Crippen molar-refractivity contribution < 1.29 is 0 Å². The van der Waals surface area contributed by atoms with Gasteiger partial charge >= 0.3 is 0 Å². The van der Waals surface area contributed by atoms with Crippen LogP contribution in [-0.4, -0.2) is 30.0 Å². The Kier molecular flexibility index (Phi) is 4.50. The van der Waals surface area contributed by atoms with Crippen LogP contribution in [0.2, 0.25) is 5.02 Å². The summed E-state index contributed by atoms with van der Waals surface area (Å²) >= 11 is 9.86. The van der Waals surface area contributed by atoms with Gasteiger partial charge in [-0.2, -0.15) is 0 Å². The molecule has 4 heteroatoms. The third kappa shape index (κ3) is 3.05. The average molecular weight is 404 g/mol. The lowest BCUT2D eigenvalue weighted by atomic mass is 9.89. The molecule has 0 unspecified atom stereocenters. The number of aryl methyl sites for hydroxylation is 2. The molecular formula is C20H20BrClN2. The Morgan fingerprint density at radius 3 is 2.79 bits per heavy atom. The van der Waals surface area contributed by atoms with E-state index < -0.39 is 0 Å². The number of halogens is 2. The van der Waals surface area contributed by atoms with Crippen molar-refractivity contribution in [3.05, 3.63) is 67.9 Å². The van der Waals surface area contributed by atoms with E-state index in [9.17, 15) is 0 Å². The van der Waals surface area contributed by atoms with Crippen LogP contribution in [0, 0.1) is 0 Å². The fraction of sp³-hybridized carbons (Fsp3) is 0.350. The standard InChI is InChI=1S/C20H20BrClN2/c1-24-8-2-3-15(12-24)19-18-7-6-17(22)10-13(18)4-5-14-9-16(21)11-23-20(14)19/h6-7,9-11H,2-5,8,12H2,1H3/b19-15+. The molecule has 1 aromatic heterocycles. The quantitative estimate of drug-likeness (QED) is 0.606. The van der Waals surface area contributed by atoms with E-state index in [1.54, 1.807) is 0 Å². The number of hydrogen-bond donors (Lipinski definition) is 0. The lowest BCUT2D eigenvalue weighted by molar-refractivity contribution is 0.323. The predicted molar refractivity (Wildman–Crippen MR) is 104 cm³/mol. The van der Waals surface area contributed by atoms with E-state index in [-0.39, 0.29) is 0 Å². The zero-order valence-electron chi connectivity index (χ0n) is 13.8. The summed E-state index contributed by atoms with van der Waals surface area (Å²) in [6.07, 6.45) is 6.30. The monoisotopic (exact) mass is 402 g/mol. The van der Waals surface area contributed by atoms with Gasteiger partial charge in [0.2, 0.25) is 0 Å². The van der Waals surface area contributed by atoms with Crippen LogP contribution in [-0.2, 0) is 12.8 Å². The minimum absolute atomic E-state index is 0.818. The number of aromatic nitrogens is 1. The SMILES string of the molecule is CN1CCC/C(=C2/c3ccc(Cl)cc3CCc3cc(Br)cnc32)C1. The molecule has 124 valence electrons. The minimum Gasteiger partial charge on any atom is -0.302 e. The molecule has 1 fully saturated rings. The third-order valence-electron chi connectivity index (χ3n) is 5.00. The highest BCUT2D eigenvalue weighted by atomic mass is 79.9. The Morgan fingerprint density at radius 1 is 1.12 bits per heavy atom. The minimum atomic E-state index is 0.818. The maximum atomic E-state index is 6.28.